The summed E-state index contributed by atoms with van der Waals surface area (Å²) in [6.07, 6.45) is 2.63. The van der Waals surface area contributed by atoms with Crippen LogP contribution in [0.3, 0.4) is 0 Å². The standard InChI is InChI=1S/C14H15BrN6O3/c1-3-24-13(23)9(7-16)11(17-2)12(22)18-8-4-5-21-10(6-8)19-14(15)20-21/h4-7H,3,16H2,1-2H3,(H,18,22). The smallest absolute Gasteiger partial charge is 0.342 e. The molecule has 0 aliphatic rings. The van der Waals surface area contributed by atoms with Gasteiger partial charge in [-0.15, -0.1) is 5.10 Å². The van der Waals surface area contributed by atoms with Gasteiger partial charge in [0.1, 0.15) is 11.3 Å². The number of ether oxygens (including phenoxy) is 1. The zero-order chi connectivity index (χ0) is 17.7. The molecule has 0 radical (unpaired) electrons. The molecule has 0 aliphatic heterocycles. The molecule has 10 heteroatoms. The highest BCUT2D eigenvalue weighted by Crippen LogP contribution is 2.13. The number of amides is 1. The molecule has 0 atom stereocenters. The fourth-order valence-corrected chi connectivity index (χ4v) is 2.27. The summed E-state index contributed by atoms with van der Waals surface area (Å²) < 4.78 is 6.83. The van der Waals surface area contributed by atoms with E-state index in [1.165, 1.54) is 7.05 Å². The highest BCUT2D eigenvalue weighted by Gasteiger charge is 2.23. The lowest BCUT2D eigenvalue weighted by atomic mass is 10.1. The summed E-state index contributed by atoms with van der Waals surface area (Å²) in [6.45, 7) is 1.81. The number of carbonyl (C=O) groups is 2. The minimum atomic E-state index is -0.715. The first kappa shape index (κ1) is 17.6. The van der Waals surface area contributed by atoms with Gasteiger partial charge in [0.15, 0.2) is 5.65 Å². The van der Waals surface area contributed by atoms with Crippen LogP contribution in [-0.4, -0.2) is 45.8 Å². The maximum absolute atomic E-state index is 12.4. The number of halogens is 1. The van der Waals surface area contributed by atoms with Crippen molar-refractivity contribution in [3.63, 3.8) is 0 Å². The van der Waals surface area contributed by atoms with E-state index in [2.05, 4.69) is 36.3 Å². The van der Waals surface area contributed by atoms with Crippen molar-refractivity contribution < 1.29 is 14.3 Å². The SMILES string of the molecule is CCOC(=O)C(=CN)C(=NC)C(=O)Nc1ccn2nc(Br)nc2c1. The Labute approximate surface area is 145 Å². The van der Waals surface area contributed by atoms with Crippen LogP contribution in [0.1, 0.15) is 6.92 Å². The number of aliphatic imine (C=N–C) groups is 1. The molecular weight excluding hydrogens is 380 g/mol. The second-order valence-corrected chi connectivity index (χ2v) is 5.14. The lowest BCUT2D eigenvalue weighted by Gasteiger charge is -2.10. The number of esters is 1. The second kappa shape index (κ2) is 7.68. The number of aromatic nitrogens is 3. The van der Waals surface area contributed by atoms with Gasteiger partial charge in [-0.3, -0.25) is 9.79 Å². The highest BCUT2D eigenvalue weighted by atomic mass is 79.9. The molecule has 126 valence electrons. The first-order valence-corrected chi connectivity index (χ1v) is 7.68. The Hall–Kier alpha value is -2.75. The van der Waals surface area contributed by atoms with Crippen LogP contribution in [-0.2, 0) is 14.3 Å². The van der Waals surface area contributed by atoms with E-state index in [0.717, 1.165) is 6.20 Å². The van der Waals surface area contributed by atoms with Crippen LogP contribution in [0.25, 0.3) is 5.65 Å². The van der Waals surface area contributed by atoms with Gasteiger partial charge in [-0.2, -0.15) is 0 Å². The topological polar surface area (TPSA) is 124 Å². The van der Waals surface area contributed by atoms with E-state index in [-0.39, 0.29) is 17.9 Å². The van der Waals surface area contributed by atoms with Gasteiger partial charge in [0, 0.05) is 31.2 Å². The Morgan fingerprint density at radius 1 is 1.54 bits per heavy atom. The van der Waals surface area contributed by atoms with Gasteiger partial charge in [0.05, 0.1) is 6.61 Å². The van der Waals surface area contributed by atoms with E-state index in [0.29, 0.717) is 16.1 Å². The minimum Gasteiger partial charge on any atom is -0.462 e. The highest BCUT2D eigenvalue weighted by molar-refractivity contribution is 9.10. The molecule has 0 fully saturated rings. The average Bonchev–Trinajstić information content (AvgIpc) is 2.91. The number of nitrogens with zero attached hydrogens (tertiary/aromatic N) is 4. The Morgan fingerprint density at radius 2 is 2.29 bits per heavy atom. The predicted molar refractivity (Wildman–Crippen MR) is 91.6 cm³/mol. The summed E-state index contributed by atoms with van der Waals surface area (Å²) in [4.78, 5) is 32.2. The fraction of sp³-hybridized carbons (Fsp3) is 0.214. The summed E-state index contributed by atoms with van der Waals surface area (Å²) in [6, 6.07) is 3.26. The van der Waals surface area contributed by atoms with Crippen LogP contribution < -0.4 is 11.1 Å². The molecule has 0 saturated heterocycles. The normalized spacial score (nSPS) is 12.3. The summed E-state index contributed by atoms with van der Waals surface area (Å²) in [5.74, 6) is -1.31. The molecule has 2 aromatic rings. The number of hydrogen-bond acceptors (Lipinski definition) is 7. The Morgan fingerprint density at radius 3 is 2.92 bits per heavy atom. The summed E-state index contributed by atoms with van der Waals surface area (Å²) in [5, 5.41) is 6.70. The van der Waals surface area contributed by atoms with Crippen LogP contribution >= 0.6 is 15.9 Å². The van der Waals surface area contributed by atoms with Crippen LogP contribution in [0, 0.1) is 0 Å². The molecule has 0 bridgehead atoms. The molecule has 2 rings (SSSR count). The molecule has 0 aliphatic carbocycles. The van der Waals surface area contributed by atoms with Gasteiger partial charge in [0.2, 0.25) is 4.73 Å². The van der Waals surface area contributed by atoms with Crippen molar-refractivity contribution >= 4 is 44.9 Å². The Bertz CT molecular complexity index is 842. The van der Waals surface area contributed by atoms with E-state index >= 15 is 0 Å². The lowest BCUT2D eigenvalue weighted by Crippen LogP contribution is -2.29. The van der Waals surface area contributed by atoms with Crippen molar-refractivity contribution in [1.29, 1.82) is 0 Å². The third-order valence-electron chi connectivity index (χ3n) is 2.93. The first-order chi connectivity index (χ1) is 11.5. The molecule has 2 heterocycles. The zero-order valence-electron chi connectivity index (χ0n) is 13.0. The third kappa shape index (κ3) is 3.77. The van der Waals surface area contributed by atoms with Crippen LogP contribution in [0.2, 0.25) is 0 Å². The van der Waals surface area contributed by atoms with Crippen molar-refractivity contribution in [1.82, 2.24) is 14.6 Å². The van der Waals surface area contributed by atoms with E-state index in [9.17, 15) is 9.59 Å². The quantitative estimate of drug-likeness (QED) is 0.441. The molecule has 0 aromatic carbocycles. The lowest BCUT2D eigenvalue weighted by molar-refractivity contribution is -0.138. The number of nitrogens with one attached hydrogen (secondary N) is 1. The molecule has 2 aromatic heterocycles. The van der Waals surface area contributed by atoms with Gasteiger partial charge in [-0.1, -0.05) is 0 Å². The van der Waals surface area contributed by atoms with Crippen LogP contribution in [0.15, 0.2) is 39.8 Å². The van der Waals surface area contributed by atoms with E-state index in [1.54, 1.807) is 29.8 Å². The molecule has 3 N–H and O–H groups in total. The van der Waals surface area contributed by atoms with Gasteiger partial charge in [0.25, 0.3) is 5.91 Å². The van der Waals surface area contributed by atoms with Gasteiger partial charge < -0.3 is 15.8 Å². The van der Waals surface area contributed by atoms with Crippen molar-refractivity contribution in [2.24, 2.45) is 10.7 Å². The Balaban J connectivity index is 2.23. The zero-order valence-corrected chi connectivity index (χ0v) is 14.6. The molecule has 1 amide bonds. The summed E-state index contributed by atoms with van der Waals surface area (Å²) in [7, 11) is 1.39. The van der Waals surface area contributed by atoms with Gasteiger partial charge in [-0.25, -0.2) is 14.3 Å². The monoisotopic (exact) mass is 394 g/mol. The van der Waals surface area contributed by atoms with E-state index in [1.807, 2.05) is 0 Å². The van der Waals surface area contributed by atoms with Crippen molar-refractivity contribution in [2.75, 3.05) is 19.0 Å². The maximum atomic E-state index is 12.4. The fourth-order valence-electron chi connectivity index (χ4n) is 1.92. The molecule has 0 saturated carbocycles. The number of carbonyl (C=O) groups excluding carboxylic acids is 2. The van der Waals surface area contributed by atoms with Gasteiger partial charge in [-0.05, 0) is 28.9 Å². The Kier molecular flexibility index (Phi) is 5.64. The summed E-state index contributed by atoms with van der Waals surface area (Å²) >= 11 is 3.17. The minimum absolute atomic E-state index is 0.108. The van der Waals surface area contributed by atoms with E-state index in [4.69, 9.17) is 10.5 Å². The maximum Gasteiger partial charge on any atom is 0.342 e. The predicted octanol–water partition coefficient (Wildman–Crippen LogP) is 0.907. The number of fused-ring (bicyclic) bond motifs is 1. The largest absolute Gasteiger partial charge is 0.462 e. The van der Waals surface area contributed by atoms with Crippen LogP contribution in [0.5, 0.6) is 0 Å². The number of rotatable bonds is 5. The molecule has 0 unspecified atom stereocenters. The molecule has 24 heavy (non-hydrogen) atoms. The summed E-state index contributed by atoms with van der Waals surface area (Å²) in [5.41, 5.74) is 6.21. The van der Waals surface area contributed by atoms with Crippen molar-refractivity contribution in [3.05, 3.63) is 34.8 Å². The van der Waals surface area contributed by atoms with Gasteiger partial charge >= 0.3 is 5.97 Å². The van der Waals surface area contributed by atoms with Crippen LogP contribution in [0.4, 0.5) is 5.69 Å². The molecule has 9 nitrogen and oxygen atoms in total. The molecule has 0 spiro atoms. The van der Waals surface area contributed by atoms with E-state index < -0.39 is 11.9 Å². The number of hydrogen-bond donors (Lipinski definition) is 2. The second-order valence-electron chi connectivity index (χ2n) is 4.43. The average molecular weight is 395 g/mol. The first-order valence-electron chi connectivity index (χ1n) is 6.89. The number of pyridine rings is 1. The number of anilines is 1. The molecular formula is C14H15BrN6O3. The van der Waals surface area contributed by atoms with Crippen molar-refractivity contribution in [2.45, 2.75) is 6.92 Å². The third-order valence-corrected chi connectivity index (χ3v) is 3.26. The number of nitrogens with two attached hydrogens (primary N) is 1. The van der Waals surface area contributed by atoms with Crippen molar-refractivity contribution in [3.8, 4) is 0 Å².